The van der Waals surface area contributed by atoms with Gasteiger partial charge in [-0.3, -0.25) is 13.9 Å². The first-order valence-corrected chi connectivity index (χ1v) is 10.2. The average molecular weight is 421 g/mol. The van der Waals surface area contributed by atoms with Crippen molar-refractivity contribution in [3.8, 4) is 11.5 Å². The third kappa shape index (κ3) is 4.77. The molecule has 0 aliphatic rings. The molecule has 0 bridgehead atoms. The minimum absolute atomic E-state index is 0.0705. The van der Waals surface area contributed by atoms with E-state index in [0.29, 0.717) is 11.3 Å². The number of benzene rings is 2. The van der Waals surface area contributed by atoms with Gasteiger partial charge in [0.25, 0.3) is 5.91 Å². The zero-order chi connectivity index (χ0) is 21.8. The minimum atomic E-state index is -3.63. The topological polar surface area (TPSA) is 128 Å². The zero-order valence-corrected chi connectivity index (χ0v) is 17.4. The van der Waals surface area contributed by atoms with E-state index in [2.05, 4.69) is 5.32 Å². The molecule has 9 nitrogen and oxygen atoms in total. The summed E-state index contributed by atoms with van der Waals surface area (Å²) in [5, 5.41) is 2.67. The van der Waals surface area contributed by atoms with Crippen molar-refractivity contribution in [3.05, 3.63) is 47.5 Å². The molecule has 0 saturated carbocycles. The molecule has 0 aliphatic carbocycles. The largest absolute Gasteiger partial charge is 0.493 e. The number of hydrogen-bond donors (Lipinski definition) is 2. The van der Waals surface area contributed by atoms with Gasteiger partial charge in [0.1, 0.15) is 0 Å². The molecule has 2 aromatic carbocycles. The van der Waals surface area contributed by atoms with Gasteiger partial charge in [0.05, 0.1) is 31.2 Å². The summed E-state index contributed by atoms with van der Waals surface area (Å²) < 4.78 is 36.2. The van der Waals surface area contributed by atoms with Crippen molar-refractivity contribution >= 4 is 33.2 Å². The lowest BCUT2D eigenvalue weighted by Gasteiger charge is -2.23. The molecule has 2 aromatic rings. The van der Waals surface area contributed by atoms with Crippen LogP contribution in [0.4, 0.5) is 11.4 Å². The molecule has 0 fully saturated rings. The number of ether oxygens (including phenoxy) is 2. The summed E-state index contributed by atoms with van der Waals surface area (Å²) in [6.07, 6.45) is 0. The van der Waals surface area contributed by atoms with E-state index in [0.717, 1.165) is 4.31 Å². The number of nitrogens with zero attached hydrogens (tertiary/aromatic N) is 1. The van der Waals surface area contributed by atoms with Crippen LogP contribution in [0.15, 0.2) is 36.4 Å². The monoisotopic (exact) mass is 421 g/mol. The van der Waals surface area contributed by atoms with Gasteiger partial charge < -0.3 is 20.5 Å². The first-order valence-electron chi connectivity index (χ1n) is 8.58. The van der Waals surface area contributed by atoms with Gasteiger partial charge in [0.2, 0.25) is 15.9 Å². The number of primary amides is 1. The normalized spacial score (nSPS) is 10.9. The Labute approximate surface area is 169 Å². The number of sulfonamides is 1. The highest BCUT2D eigenvalue weighted by Gasteiger charge is 2.25. The number of nitrogens with one attached hydrogen (secondary N) is 1. The summed E-state index contributed by atoms with van der Waals surface area (Å²) in [5.74, 6) is -0.744. The Morgan fingerprint density at radius 3 is 2.10 bits per heavy atom. The molecule has 29 heavy (non-hydrogen) atoms. The predicted octanol–water partition coefficient (Wildman–Crippen LogP) is 1.84. The molecule has 0 spiro atoms. The molecule has 2 amide bonds. The molecular formula is C19H23N3O6S. The van der Waals surface area contributed by atoms with Crippen LogP contribution in [0, 0.1) is 0 Å². The summed E-state index contributed by atoms with van der Waals surface area (Å²) in [6.45, 7) is 1.51. The maximum absolute atomic E-state index is 12.9. The molecule has 0 aliphatic heterocycles. The number of methoxy groups -OCH3 is 2. The molecule has 0 saturated heterocycles. The van der Waals surface area contributed by atoms with Crippen LogP contribution in [0.5, 0.6) is 11.5 Å². The van der Waals surface area contributed by atoms with Gasteiger partial charge in [-0.2, -0.15) is 0 Å². The van der Waals surface area contributed by atoms with Crippen molar-refractivity contribution in [2.75, 3.05) is 36.6 Å². The Balaban J connectivity index is 2.50. The summed E-state index contributed by atoms with van der Waals surface area (Å²) in [4.78, 5) is 24.1. The summed E-state index contributed by atoms with van der Waals surface area (Å²) >= 11 is 0. The quantitative estimate of drug-likeness (QED) is 0.669. The second-order valence-corrected chi connectivity index (χ2v) is 8.28. The summed E-state index contributed by atoms with van der Waals surface area (Å²) in [7, 11) is 0.549. The average Bonchev–Trinajstić information content (AvgIpc) is 2.72. The lowest BCUT2D eigenvalue weighted by molar-refractivity contribution is 0.0998. The lowest BCUT2D eigenvalue weighted by Crippen LogP contribution is -2.30. The zero-order valence-electron chi connectivity index (χ0n) is 16.6. The van der Waals surface area contributed by atoms with Crippen molar-refractivity contribution in [3.63, 3.8) is 0 Å². The van der Waals surface area contributed by atoms with Crippen LogP contribution in [-0.2, 0) is 10.0 Å². The standard InChI is InChI=1S/C19H23N3O6S/c1-5-29(25,26)22(2)15-11-17(28-4)16(27-3)10-14(15)19(24)21-13-8-6-12(7-9-13)18(20)23/h6-11H,5H2,1-4H3,(H2,20,23)(H,21,24). The fourth-order valence-corrected chi connectivity index (χ4v) is 3.41. The van der Waals surface area contributed by atoms with Crippen LogP contribution in [0.25, 0.3) is 0 Å². The third-order valence-electron chi connectivity index (χ3n) is 4.30. The fourth-order valence-electron chi connectivity index (χ4n) is 2.57. The maximum Gasteiger partial charge on any atom is 0.257 e. The Hall–Kier alpha value is -3.27. The Kier molecular flexibility index (Phi) is 6.70. The van der Waals surface area contributed by atoms with Crippen molar-refractivity contribution in [1.82, 2.24) is 0 Å². The van der Waals surface area contributed by atoms with Crippen molar-refractivity contribution in [2.45, 2.75) is 6.92 Å². The first-order chi connectivity index (χ1) is 13.6. The van der Waals surface area contributed by atoms with Crippen LogP contribution < -0.4 is 24.8 Å². The summed E-state index contributed by atoms with van der Waals surface area (Å²) in [5.41, 5.74) is 6.11. The van der Waals surface area contributed by atoms with Crippen LogP contribution in [0.2, 0.25) is 0 Å². The highest BCUT2D eigenvalue weighted by molar-refractivity contribution is 7.92. The van der Waals surface area contributed by atoms with E-state index in [9.17, 15) is 18.0 Å². The Morgan fingerprint density at radius 1 is 1.07 bits per heavy atom. The summed E-state index contributed by atoms with van der Waals surface area (Å²) in [6, 6.07) is 8.82. The molecule has 0 heterocycles. The van der Waals surface area contributed by atoms with E-state index in [1.54, 1.807) is 0 Å². The van der Waals surface area contributed by atoms with Crippen LogP contribution >= 0.6 is 0 Å². The predicted molar refractivity (Wildman–Crippen MR) is 110 cm³/mol. The number of rotatable bonds is 8. The van der Waals surface area contributed by atoms with Gasteiger partial charge in [-0.15, -0.1) is 0 Å². The molecule has 0 aromatic heterocycles. The number of anilines is 2. The van der Waals surface area contributed by atoms with Crippen LogP contribution in [-0.4, -0.2) is 47.3 Å². The molecule has 0 radical (unpaired) electrons. The number of carbonyl (C=O) groups is 2. The highest BCUT2D eigenvalue weighted by atomic mass is 32.2. The molecule has 2 rings (SSSR count). The van der Waals surface area contributed by atoms with Crippen molar-refractivity contribution in [1.29, 1.82) is 0 Å². The van der Waals surface area contributed by atoms with E-state index in [-0.39, 0.29) is 28.5 Å². The van der Waals surface area contributed by atoms with E-state index in [1.165, 1.54) is 64.6 Å². The highest BCUT2D eigenvalue weighted by Crippen LogP contribution is 2.36. The van der Waals surface area contributed by atoms with Gasteiger partial charge in [-0.05, 0) is 37.3 Å². The second kappa shape index (κ2) is 8.82. The molecule has 0 atom stereocenters. The van der Waals surface area contributed by atoms with Crippen molar-refractivity contribution < 1.29 is 27.5 Å². The van der Waals surface area contributed by atoms with Gasteiger partial charge >= 0.3 is 0 Å². The van der Waals surface area contributed by atoms with Gasteiger partial charge in [-0.25, -0.2) is 8.42 Å². The van der Waals surface area contributed by atoms with E-state index in [4.69, 9.17) is 15.2 Å². The molecular weight excluding hydrogens is 398 g/mol. The van der Waals surface area contributed by atoms with E-state index in [1.807, 2.05) is 0 Å². The second-order valence-electron chi connectivity index (χ2n) is 5.99. The van der Waals surface area contributed by atoms with Gasteiger partial charge in [0, 0.05) is 24.4 Å². The number of amides is 2. The van der Waals surface area contributed by atoms with Gasteiger partial charge in [0.15, 0.2) is 11.5 Å². The SMILES string of the molecule is CCS(=O)(=O)N(C)c1cc(OC)c(OC)cc1C(=O)Nc1ccc(C(N)=O)cc1. The van der Waals surface area contributed by atoms with Crippen molar-refractivity contribution in [2.24, 2.45) is 5.73 Å². The third-order valence-corrected chi connectivity index (χ3v) is 6.06. The van der Waals surface area contributed by atoms with Gasteiger partial charge in [-0.1, -0.05) is 0 Å². The van der Waals surface area contributed by atoms with Crippen LogP contribution in [0.3, 0.4) is 0 Å². The lowest BCUT2D eigenvalue weighted by atomic mass is 10.1. The van der Waals surface area contributed by atoms with E-state index < -0.39 is 21.8 Å². The van der Waals surface area contributed by atoms with Crippen LogP contribution in [0.1, 0.15) is 27.6 Å². The molecule has 10 heteroatoms. The first kappa shape index (κ1) is 22.0. The molecule has 156 valence electrons. The molecule has 0 unspecified atom stereocenters. The Morgan fingerprint density at radius 2 is 1.62 bits per heavy atom. The fraction of sp³-hybridized carbons (Fsp3) is 0.263. The molecule has 3 N–H and O–H groups in total. The maximum atomic E-state index is 12.9. The number of nitrogens with two attached hydrogens (primary N) is 1. The number of carbonyl (C=O) groups excluding carboxylic acids is 2. The Bertz CT molecular complexity index is 1020. The number of hydrogen-bond acceptors (Lipinski definition) is 6. The minimum Gasteiger partial charge on any atom is -0.493 e. The smallest absolute Gasteiger partial charge is 0.257 e. The van der Waals surface area contributed by atoms with E-state index >= 15 is 0 Å².